The Morgan fingerprint density at radius 1 is 1.32 bits per heavy atom. The second kappa shape index (κ2) is 5.46. The van der Waals surface area contributed by atoms with Crippen molar-refractivity contribution in [3.8, 4) is 0 Å². The molecule has 3 N–H and O–H groups in total. The fraction of sp³-hybridized carbons (Fsp3) is 0.846. The van der Waals surface area contributed by atoms with Crippen LogP contribution in [0.4, 0.5) is 5.95 Å². The number of aromatic nitrogens is 3. The number of hydrogen-bond acceptors (Lipinski definition) is 5. The van der Waals surface area contributed by atoms with Crippen LogP contribution < -0.4 is 10.6 Å². The highest BCUT2D eigenvalue weighted by atomic mass is 16.5. The average molecular weight is 265 g/mol. The van der Waals surface area contributed by atoms with E-state index >= 15 is 0 Å². The van der Waals surface area contributed by atoms with Gasteiger partial charge in [-0.2, -0.15) is 4.98 Å². The Balaban J connectivity index is 1.73. The maximum Gasteiger partial charge on any atom is 0.245 e. The summed E-state index contributed by atoms with van der Waals surface area (Å²) in [4.78, 5) is 6.92. The van der Waals surface area contributed by atoms with E-state index < -0.39 is 0 Å². The van der Waals surface area contributed by atoms with Gasteiger partial charge in [-0.15, -0.1) is 5.10 Å². The van der Waals surface area contributed by atoms with Gasteiger partial charge in [-0.1, -0.05) is 0 Å². The van der Waals surface area contributed by atoms with Crippen molar-refractivity contribution in [3.05, 3.63) is 5.82 Å². The molecule has 0 amide bonds. The van der Waals surface area contributed by atoms with Crippen molar-refractivity contribution >= 4 is 5.95 Å². The van der Waals surface area contributed by atoms with Crippen LogP contribution in [0.5, 0.6) is 0 Å². The Morgan fingerprint density at radius 2 is 2.11 bits per heavy atom. The van der Waals surface area contributed by atoms with Gasteiger partial charge in [0.15, 0.2) is 0 Å². The largest absolute Gasteiger partial charge is 0.381 e. The molecular formula is C13H23N5O. The van der Waals surface area contributed by atoms with Crippen molar-refractivity contribution < 1.29 is 4.74 Å². The van der Waals surface area contributed by atoms with Crippen molar-refractivity contribution in [1.82, 2.24) is 15.2 Å². The summed E-state index contributed by atoms with van der Waals surface area (Å²) in [7, 11) is 0. The molecule has 2 unspecified atom stereocenters. The normalized spacial score (nSPS) is 29.7. The smallest absolute Gasteiger partial charge is 0.245 e. The number of ether oxygens (including phenoxy) is 1. The minimum absolute atomic E-state index is 0.221. The van der Waals surface area contributed by atoms with E-state index in [4.69, 9.17) is 15.5 Å². The second-order valence-electron chi connectivity index (χ2n) is 5.65. The highest BCUT2D eigenvalue weighted by molar-refractivity contribution is 5.32. The number of nitrogens with two attached hydrogens (primary N) is 1. The lowest BCUT2D eigenvalue weighted by atomic mass is 9.99. The summed E-state index contributed by atoms with van der Waals surface area (Å²) in [5, 5.41) is 7.50. The molecule has 6 heteroatoms. The van der Waals surface area contributed by atoms with Crippen LogP contribution in [0.3, 0.4) is 0 Å². The Labute approximate surface area is 113 Å². The molecule has 3 heterocycles. The fourth-order valence-corrected chi connectivity index (χ4v) is 3.00. The van der Waals surface area contributed by atoms with Crippen molar-refractivity contribution in [2.75, 3.05) is 24.7 Å². The predicted molar refractivity (Wildman–Crippen MR) is 73.2 cm³/mol. The maximum atomic E-state index is 6.13. The van der Waals surface area contributed by atoms with Crippen molar-refractivity contribution in [3.63, 3.8) is 0 Å². The first-order valence-corrected chi connectivity index (χ1v) is 7.28. The van der Waals surface area contributed by atoms with Gasteiger partial charge in [0.05, 0.1) is 0 Å². The fourth-order valence-electron chi connectivity index (χ4n) is 3.00. The lowest BCUT2D eigenvalue weighted by Crippen LogP contribution is -2.51. The summed E-state index contributed by atoms with van der Waals surface area (Å²) in [6.45, 7) is 4.81. The van der Waals surface area contributed by atoms with Gasteiger partial charge in [0.2, 0.25) is 5.95 Å². The van der Waals surface area contributed by atoms with E-state index in [1.165, 1.54) is 0 Å². The first kappa shape index (κ1) is 12.9. The van der Waals surface area contributed by atoms with E-state index in [-0.39, 0.29) is 6.04 Å². The molecule has 6 nitrogen and oxygen atoms in total. The molecule has 2 atom stereocenters. The van der Waals surface area contributed by atoms with Gasteiger partial charge in [0.1, 0.15) is 5.82 Å². The molecular weight excluding hydrogens is 242 g/mol. The molecule has 0 spiro atoms. The van der Waals surface area contributed by atoms with Crippen LogP contribution in [0.1, 0.15) is 44.3 Å². The molecule has 0 aliphatic carbocycles. The summed E-state index contributed by atoms with van der Waals surface area (Å²) in [5.74, 6) is 2.28. The number of rotatable bonds is 2. The number of aromatic amines is 1. The lowest BCUT2D eigenvalue weighted by molar-refractivity contribution is 0.0836. The van der Waals surface area contributed by atoms with Gasteiger partial charge in [0.25, 0.3) is 0 Å². The Bertz CT molecular complexity index is 415. The molecule has 106 valence electrons. The van der Waals surface area contributed by atoms with E-state index in [1.807, 2.05) is 0 Å². The molecule has 1 aromatic heterocycles. The third-order valence-electron chi connectivity index (χ3n) is 4.40. The molecule has 3 rings (SSSR count). The standard InChI is InChI=1S/C13H23N5O/c1-9-11(14)3-2-6-18(9)13-15-12(16-17-13)10-4-7-19-8-5-10/h9-11H,2-8,14H2,1H3,(H,15,16,17). The van der Waals surface area contributed by atoms with Crippen LogP contribution in [0.2, 0.25) is 0 Å². The topological polar surface area (TPSA) is 80.1 Å². The summed E-state index contributed by atoms with van der Waals surface area (Å²) in [6, 6.07) is 0.533. The maximum absolute atomic E-state index is 6.13. The summed E-state index contributed by atoms with van der Waals surface area (Å²) >= 11 is 0. The zero-order valence-corrected chi connectivity index (χ0v) is 11.5. The van der Waals surface area contributed by atoms with Crippen LogP contribution in [0.25, 0.3) is 0 Å². The van der Waals surface area contributed by atoms with Crippen LogP contribution in [0.15, 0.2) is 0 Å². The summed E-state index contributed by atoms with van der Waals surface area (Å²) < 4.78 is 5.39. The predicted octanol–water partition coefficient (Wildman–Crippen LogP) is 1.01. The van der Waals surface area contributed by atoms with Crippen LogP contribution in [-0.2, 0) is 4.74 Å². The molecule has 0 bridgehead atoms. The summed E-state index contributed by atoms with van der Waals surface area (Å²) in [5.41, 5.74) is 6.13. The zero-order chi connectivity index (χ0) is 13.2. The van der Waals surface area contributed by atoms with Crippen LogP contribution >= 0.6 is 0 Å². The van der Waals surface area contributed by atoms with Crippen LogP contribution in [0, 0.1) is 0 Å². The van der Waals surface area contributed by atoms with Crippen molar-refractivity contribution in [2.24, 2.45) is 5.73 Å². The monoisotopic (exact) mass is 265 g/mol. The van der Waals surface area contributed by atoms with E-state index in [1.54, 1.807) is 0 Å². The minimum Gasteiger partial charge on any atom is -0.381 e. The van der Waals surface area contributed by atoms with E-state index in [0.717, 1.165) is 57.2 Å². The van der Waals surface area contributed by atoms with Crippen molar-refractivity contribution in [1.29, 1.82) is 0 Å². The zero-order valence-electron chi connectivity index (χ0n) is 11.5. The van der Waals surface area contributed by atoms with Gasteiger partial charge >= 0.3 is 0 Å². The Morgan fingerprint density at radius 3 is 2.89 bits per heavy atom. The van der Waals surface area contributed by atoms with Gasteiger partial charge in [-0.05, 0) is 32.6 Å². The third-order valence-corrected chi connectivity index (χ3v) is 4.40. The first-order valence-electron chi connectivity index (χ1n) is 7.28. The van der Waals surface area contributed by atoms with Gasteiger partial charge in [-0.3, -0.25) is 5.10 Å². The van der Waals surface area contributed by atoms with Crippen LogP contribution in [-0.4, -0.2) is 47.0 Å². The number of anilines is 1. The molecule has 0 radical (unpaired) electrons. The summed E-state index contributed by atoms with van der Waals surface area (Å²) in [6.07, 6.45) is 4.27. The number of nitrogens with one attached hydrogen (secondary N) is 1. The quantitative estimate of drug-likeness (QED) is 0.834. The Hall–Kier alpha value is -1.14. The minimum atomic E-state index is 0.221. The first-order chi connectivity index (χ1) is 9.25. The van der Waals surface area contributed by atoms with E-state index in [9.17, 15) is 0 Å². The van der Waals surface area contributed by atoms with Gasteiger partial charge in [0, 0.05) is 37.8 Å². The second-order valence-corrected chi connectivity index (χ2v) is 5.65. The van der Waals surface area contributed by atoms with Crippen molar-refractivity contribution in [2.45, 2.75) is 50.6 Å². The molecule has 1 aromatic rings. The van der Waals surface area contributed by atoms with E-state index in [2.05, 4.69) is 22.0 Å². The highest BCUT2D eigenvalue weighted by Crippen LogP contribution is 2.27. The molecule has 0 aromatic carbocycles. The highest BCUT2D eigenvalue weighted by Gasteiger charge is 2.28. The number of hydrogen-bond donors (Lipinski definition) is 2. The average Bonchev–Trinajstić information content (AvgIpc) is 2.92. The SMILES string of the molecule is CC1C(N)CCCN1c1n[nH]c(C2CCOCC2)n1. The number of nitrogens with zero attached hydrogens (tertiary/aromatic N) is 3. The molecule has 0 saturated carbocycles. The van der Waals surface area contributed by atoms with Gasteiger partial charge < -0.3 is 15.4 Å². The molecule has 2 aliphatic rings. The molecule has 19 heavy (non-hydrogen) atoms. The molecule has 2 aliphatic heterocycles. The molecule has 2 fully saturated rings. The number of H-pyrrole nitrogens is 1. The lowest BCUT2D eigenvalue weighted by Gasteiger charge is -2.36. The Kier molecular flexibility index (Phi) is 3.70. The molecule has 2 saturated heterocycles. The van der Waals surface area contributed by atoms with Gasteiger partial charge in [-0.25, -0.2) is 0 Å². The number of piperidine rings is 1. The van der Waals surface area contributed by atoms with E-state index in [0.29, 0.717) is 12.0 Å². The third kappa shape index (κ3) is 2.60.